The van der Waals surface area contributed by atoms with Crippen LogP contribution in [0, 0.1) is 0 Å². The summed E-state index contributed by atoms with van der Waals surface area (Å²) in [5.41, 5.74) is 2.48. The van der Waals surface area contributed by atoms with E-state index >= 15 is 0 Å². The van der Waals surface area contributed by atoms with Crippen molar-refractivity contribution in [1.82, 2.24) is 0 Å². The summed E-state index contributed by atoms with van der Waals surface area (Å²) in [5.74, 6) is 0.471. The Morgan fingerprint density at radius 3 is 2.73 bits per heavy atom. The summed E-state index contributed by atoms with van der Waals surface area (Å²) in [6.07, 6.45) is 0.364. The number of ether oxygens (including phenoxy) is 1. The van der Waals surface area contributed by atoms with Gasteiger partial charge in [0.1, 0.15) is 5.75 Å². The van der Waals surface area contributed by atoms with Gasteiger partial charge in [0.25, 0.3) is 5.91 Å². The fraction of sp³-hybridized carbons (Fsp3) is 0.143. The van der Waals surface area contributed by atoms with E-state index in [1.807, 2.05) is 54.6 Å². The normalized spacial score (nSPS) is 13.0. The van der Waals surface area contributed by atoms with Crippen LogP contribution in [0.5, 0.6) is 5.75 Å². The fourth-order valence-electron chi connectivity index (χ4n) is 3.15. The second-order valence-corrected chi connectivity index (χ2v) is 6.32. The van der Waals surface area contributed by atoms with Crippen LogP contribution in [0.3, 0.4) is 0 Å². The first-order valence-corrected chi connectivity index (χ1v) is 8.41. The smallest absolute Gasteiger partial charge is 0.262 e. The molecule has 0 spiro atoms. The van der Waals surface area contributed by atoms with Crippen LogP contribution in [0.15, 0.2) is 60.7 Å². The largest absolute Gasteiger partial charge is 0.484 e. The van der Waals surface area contributed by atoms with Crippen molar-refractivity contribution in [3.05, 3.63) is 66.2 Å². The van der Waals surface area contributed by atoms with E-state index in [-0.39, 0.29) is 18.4 Å². The first-order chi connectivity index (χ1) is 12.6. The van der Waals surface area contributed by atoms with Crippen LogP contribution in [-0.4, -0.2) is 25.5 Å². The van der Waals surface area contributed by atoms with Crippen molar-refractivity contribution < 1.29 is 14.3 Å². The van der Waals surface area contributed by atoms with Gasteiger partial charge >= 0.3 is 0 Å². The van der Waals surface area contributed by atoms with Crippen LogP contribution in [-0.2, 0) is 16.0 Å². The number of rotatable bonds is 4. The van der Waals surface area contributed by atoms with Gasteiger partial charge in [-0.05, 0) is 46.7 Å². The van der Waals surface area contributed by atoms with E-state index in [0.29, 0.717) is 17.9 Å². The molecular formula is C21H18N2O3. The third-order valence-electron chi connectivity index (χ3n) is 4.53. The maximum absolute atomic E-state index is 12.2. The molecule has 5 nitrogen and oxygen atoms in total. The molecule has 1 N–H and O–H groups in total. The van der Waals surface area contributed by atoms with Gasteiger partial charge in [-0.3, -0.25) is 9.59 Å². The molecule has 0 aromatic heterocycles. The molecule has 1 aliphatic rings. The lowest BCUT2D eigenvalue weighted by Crippen LogP contribution is -2.20. The summed E-state index contributed by atoms with van der Waals surface area (Å²) in [6, 6.07) is 19.2. The van der Waals surface area contributed by atoms with Gasteiger partial charge in [-0.2, -0.15) is 0 Å². The number of likely N-dealkylation sites (N-methyl/N-ethyl adjacent to an activating group) is 1. The molecule has 5 heteroatoms. The lowest BCUT2D eigenvalue weighted by atomic mass is 10.1. The van der Waals surface area contributed by atoms with Crippen molar-refractivity contribution in [1.29, 1.82) is 0 Å². The molecule has 1 aliphatic heterocycles. The maximum Gasteiger partial charge on any atom is 0.262 e. The summed E-state index contributed by atoms with van der Waals surface area (Å²) in [5, 5.41) is 5.01. The average molecular weight is 346 g/mol. The number of amides is 2. The van der Waals surface area contributed by atoms with Gasteiger partial charge in [0.15, 0.2) is 6.61 Å². The Labute approximate surface area is 151 Å². The van der Waals surface area contributed by atoms with Gasteiger partial charge in [0.05, 0.1) is 6.42 Å². The van der Waals surface area contributed by atoms with E-state index in [1.54, 1.807) is 18.0 Å². The number of hydrogen-bond acceptors (Lipinski definition) is 3. The highest BCUT2D eigenvalue weighted by atomic mass is 16.5. The van der Waals surface area contributed by atoms with Crippen LogP contribution >= 0.6 is 0 Å². The minimum absolute atomic E-state index is 0.0584. The Morgan fingerprint density at radius 1 is 1.08 bits per heavy atom. The van der Waals surface area contributed by atoms with Crippen LogP contribution < -0.4 is 15.0 Å². The van der Waals surface area contributed by atoms with Crippen LogP contribution in [0.25, 0.3) is 10.8 Å². The average Bonchev–Trinajstić information content (AvgIpc) is 2.93. The molecule has 3 aromatic carbocycles. The van der Waals surface area contributed by atoms with Crippen molar-refractivity contribution in [3.63, 3.8) is 0 Å². The van der Waals surface area contributed by atoms with Gasteiger partial charge in [-0.1, -0.05) is 30.3 Å². The third-order valence-corrected chi connectivity index (χ3v) is 4.53. The Morgan fingerprint density at radius 2 is 1.88 bits per heavy atom. The third kappa shape index (κ3) is 3.11. The molecule has 26 heavy (non-hydrogen) atoms. The van der Waals surface area contributed by atoms with E-state index in [2.05, 4.69) is 5.32 Å². The number of fused-ring (bicyclic) bond motifs is 2. The Kier molecular flexibility index (Phi) is 4.05. The molecule has 0 bridgehead atoms. The first kappa shape index (κ1) is 16.1. The number of nitrogens with zero attached hydrogens (tertiary/aromatic N) is 1. The van der Waals surface area contributed by atoms with Crippen molar-refractivity contribution in [2.75, 3.05) is 23.9 Å². The first-order valence-electron chi connectivity index (χ1n) is 8.41. The highest BCUT2D eigenvalue weighted by molar-refractivity contribution is 6.02. The van der Waals surface area contributed by atoms with Gasteiger partial charge in [-0.25, -0.2) is 0 Å². The highest BCUT2D eigenvalue weighted by Gasteiger charge is 2.24. The standard InChI is InChI=1S/C21H18N2O3/c1-23-19-9-7-17(10-16(19)12-21(23)25)22-20(24)13-26-18-8-6-14-4-2-3-5-15(14)11-18/h2-11H,12-13H2,1H3,(H,22,24). The molecule has 2 amide bonds. The molecule has 0 unspecified atom stereocenters. The fourth-order valence-corrected chi connectivity index (χ4v) is 3.15. The Bertz CT molecular complexity index is 1010. The zero-order valence-electron chi connectivity index (χ0n) is 14.4. The zero-order valence-corrected chi connectivity index (χ0v) is 14.4. The topological polar surface area (TPSA) is 58.6 Å². The lowest BCUT2D eigenvalue weighted by Gasteiger charge is -2.11. The number of carbonyl (C=O) groups excluding carboxylic acids is 2. The molecule has 0 saturated carbocycles. The molecule has 3 aromatic rings. The van der Waals surface area contributed by atoms with E-state index in [4.69, 9.17) is 4.74 Å². The summed E-state index contributed by atoms with van der Waals surface area (Å²) >= 11 is 0. The van der Waals surface area contributed by atoms with Crippen molar-refractivity contribution >= 4 is 34.0 Å². The number of anilines is 2. The molecule has 0 fully saturated rings. The lowest BCUT2D eigenvalue weighted by molar-refractivity contribution is -0.118. The SMILES string of the molecule is CN1C(=O)Cc2cc(NC(=O)COc3ccc4ccccc4c3)ccc21. The highest BCUT2D eigenvalue weighted by Crippen LogP contribution is 2.30. The molecule has 0 aliphatic carbocycles. The van der Waals surface area contributed by atoms with Crippen LogP contribution in [0.1, 0.15) is 5.56 Å². The van der Waals surface area contributed by atoms with Crippen molar-refractivity contribution in [2.45, 2.75) is 6.42 Å². The van der Waals surface area contributed by atoms with E-state index in [9.17, 15) is 9.59 Å². The minimum Gasteiger partial charge on any atom is -0.484 e. The predicted octanol–water partition coefficient (Wildman–Crippen LogP) is 3.38. The zero-order chi connectivity index (χ0) is 18.1. The number of carbonyl (C=O) groups is 2. The summed E-state index contributed by atoms with van der Waals surface area (Å²) < 4.78 is 5.60. The Hall–Kier alpha value is -3.34. The molecule has 130 valence electrons. The summed E-state index contributed by atoms with van der Waals surface area (Å²) in [6.45, 7) is -0.0751. The molecule has 0 saturated heterocycles. The molecule has 0 radical (unpaired) electrons. The predicted molar refractivity (Wildman–Crippen MR) is 102 cm³/mol. The van der Waals surface area contributed by atoms with Gasteiger partial charge in [0.2, 0.25) is 5.91 Å². The second-order valence-electron chi connectivity index (χ2n) is 6.32. The molecule has 0 atom stereocenters. The van der Waals surface area contributed by atoms with Crippen molar-refractivity contribution in [2.24, 2.45) is 0 Å². The van der Waals surface area contributed by atoms with Crippen LogP contribution in [0.2, 0.25) is 0 Å². The number of nitrogens with one attached hydrogen (secondary N) is 1. The van der Waals surface area contributed by atoms with Crippen LogP contribution in [0.4, 0.5) is 11.4 Å². The van der Waals surface area contributed by atoms with Gasteiger partial charge < -0.3 is 15.0 Å². The minimum atomic E-state index is -0.240. The van der Waals surface area contributed by atoms with E-state index < -0.39 is 0 Å². The molecular weight excluding hydrogens is 328 g/mol. The second kappa shape index (κ2) is 6.52. The number of hydrogen-bond donors (Lipinski definition) is 1. The quantitative estimate of drug-likeness (QED) is 0.788. The molecule has 4 rings (SSSR count). The Balaban J connectivity index is 1.39. The van der Waals surface area contributed by atoms with Gasteiger partial charge in [0, 0.05) is 18.4 Å². The summed E-state index contributed by atoms with van der Waals surface area (Å²) in [4.78, 5) is 25.5. The summed E-state index contributed by atoms with van der Waals surface area (Å²) in [7, 11) is 1.75. The number of benzene rings is 3. The van der Waals surface area contributed by atoms with Crippen molar-refractivity contribution in [3.8, 4) is 5.75 Å². The van der Waals surface area contributed by atoms with E-state index in [0.717, 1.165) is 22.0 Å². The maximum atomic E-state index is 12.2. The molecule has 1 heterocycles. The van der Waals surface area contributed by atoms with Gasteiger partial charge in [-0.15, -0.1) is 0 Å². The van der Waals surface area contributed by atoms with E-state index in [1.165, 1.54) is 0 Å². The monoisotopic (exact) mass is 346 g/mol.